The molecule has 0 atom stereocenters. The average Bonchev–Trinajstić information content (AvgIpc) is 1.99. The van der Waals surface area contributed by atoms with E-state index in [1.807, 2.05) is 34.6 Å². The summed E-state index contributed by atoms with van der Waals surface area (Å²) >= 11 is 0. The fraction of sp³-hybridized carbons (Fsp3) is 0.900. The Kier molecular flexibility index (Phi) is 16.9. The van der Waals surface area contributed by atoms with Crippen molar-refractivity contribution in [1.29, 1.82) is 0 Å². The molecule has 0 heterocycles. The fourth-order valence-corrected chi connectivity index (χ4v) is 0.635. The van der Waals surface area contributed by atoms with Crippen molar-refractivity contribution in [2.24, 2.45) is 0 Å². The van der Waals surface area contributed by atoms with Gasteiger partial charge >= 0.3 is 13.5 Å². The molecule has 3 nitrogen and oxygen atoms in total. The molecule has 0 radical (unpaired) electrons. The smallest absolute Gasteiger partial charge is 0.460 e. The third kappa shape index (κ3) is 68.3. The Morgan fingerprint density at radius 3 is 1.41 bits per heavy atom. The largest absolute Gasteiger partial charge is 0.762 e. The normalized spacial score (nSPS) is 9.24. The summed E-state index contributed by atoms with van der Waals surface area (Å²) in [5.74, 6) is -0.225. The lowest BCUT2D eigenvalue weighted by molar-refractivity contribution is -0.151. The summed E-state index contributed by atoms with van der Waals surface area (Å²) in [6.07, 6.45) is 0. The van der Waals surface area contributed by atoms with Gasteiger partial charge < -0.3 is 9.47 Å². The zero-order chi connectivity index (χ0) is 14.5. The van der Waals surface area contributed by atoms with Gasteiger partial charge in [0.05, 0.1) is 0 Å². The number of hydrogen-bond donors (Lipinski definition) is 0. The maximum absolute atomic E-state index is 10.2. The zero-order valence-corrected chi connectivity index (χ0v) is 11.4. The summed E-state index contributed by atoms with van der Waals surface area (Å²) in [6.45, 7) is 12.6. The van der Waals surface area contributed by atoms with Crippen molar-refractivity contribution in [2.45, 2.75) is 47.1 Å². The second-order valence-electron chi connectivity index (χ2n) is 3.73. The van der Waals surface area contributed by atoms with Gasteiger partial charge in [0.2, 0.25) is 0 Å². The third-order valence-electron chi connectivity index (χ3n) is 0.858. The Morgan fingerprint density at radius 1 is 1.12 bits per heavy atom. The van der Waals surface area contributed by atoms with E-state index >= 15 is 0 Å². The van der Waals surface area contributed by atoms with E-state index in [-0.39, 0.29) is 11.6 Å². The van der Waals surface area contributed by atoms with Crippen molar-refractivity contribution in [2.75, 3.05) is 13.2 Å². The van der Waals surface area contributed by atoms with Gasteiger partial charge in [0.25, 0.3) is 0 Å². The van der Waals surface area contributed by atoms with Crippen molar-refractivity contribution in [3.05, 3.63) is 0 Å². The SMILES string of the molecule is CC(=O)OC(C)(C)C.CCOCC.FB(F)F. The Hall–Kier alpha value is -0.715. The molecule has 0 aliphatic heterocycles. The van der Waals surface area contributed by atoms with Crippen LogP contribution in [0.15, 0.2) is 0 Å². The minimum Gasteiger partial charge on any atom is -0.460 e. The Morgan fingerprint density at radius 2 is 1.41 bits per heavy atom. The van der Waals surface area contributed by atoms with E-state index < -0.39 is 7.54 Å². The molecule has 0 amide bonds. The van der Waals surface area contributed by atoms with E-state index in [1.165, 1.54) is 6.92 Å². The van der Waals surface area contributed by atoms with Gasteiger partial charge in [0, 0.05) is 20.1 Å². The lowest BCUT2D eigenvalue weighted by atomic mass is 10.2. The highest BCUT2D eigenvalue weighted by molar-refractivity contribution is 6.33. The molecule has 0 aromatic heterocycles. The maximum Gasteiger partial charge on any atom is 0.762 e. The van der Waals surface area contributed by atoms with Crippen LogP contribution in [0.3, 0.4) is 0 Å². The zero-order valence-electron chi connectivity index (χ0n) is 11.4. The summed E-state index contributed by atoms with van der Waals surface area (Å²) in [6, 6.07) is 0. The van der Waals surface area contributed by atoms with E-state index in [4.69, 9.17) is 9.47 Å². The summed E-state index contributed by atoms with van der Waals surface area (Å²) < 4.78 is 38.6. The highest BCUT2D eigenvalue weighted by Crippen LogP contribution is 2.05. The van der Waals surface area contributed by atoms with Gasteiger partial charge in [-0.2, -0.15) is 0 Å². The van der Waals surface area contributed by atoms with E-state index in [0.717, 1.165) is 13.2 Å². The van der Waals surface area contributed by atoms with Crippen molar-refractivity contribution in [1.82, 2.24) is 0 Å². The van der Waals surface area contributed by atoms with E-state index in [1.54, 1.807) is 0 Å². The van der Waals surface area contributed by atoms with Crippen LogP contribution >= 0.6 is 0 Å². The van der Waals surface area contributed by atoms with Crippen LogP contribution in [0.4, 0.5) is 12.9 Å². The number of esters is 1. The molecule has 0 aliphatic rings. The number of carbonyl (C=O) groups excluding carboxylic acids is 1. The van der Waals surface area contributed by atoms with Crippen LogP contribution in [-0.4, -0.2) is 32.3 Å². The van der Waals surface area contributed by atoms with E-state index in [2.05, 4.69) is 0 Å². The lowest BCUT2D eigenvalue weighted by Gasteiger charge is -2.17. The molecule has 0 aromatic rings. The number of ether oxygens (including phenoxy) is 2. The minimum absolute atomic E-state index is 0.225. The van der Waals surface area contributed by atoms with Crippen LogP contribution < -0.4 is 0 Å². The van der Waals surface area contributed by atoms with Crippen LogP contribution in [0.5, 0.6) is 0 Å². The molecule has 7 heteroatoms. The first-order valence-corrected chi connectivity index (χ1v) is 5.26. The predicted octanol–water partition coefficient (Wildman–Crippen LogP) is 3.27. The number of hydrogen-bond acceptors (Lipinski definition) is 3. The molecule has 0 spiro atoms. The second-order valence-corrected chi connectivity index (χ2v) is 3.73. The Labute approximate surface area is 102 Å². The predicted molar refractivity (Wildman–Crippen MR) is 62.8 cm³/mol. The minimum atomic E-state index is -3.67. The first-order chi connectivity index (χ1) is 7.56. The fourth-order valence-electron chi connectivity index (χ4n) is 0.635. The molecule has 104 valence electrons. The van der Waals surface area contributed by atoms with E-state index in [9.17, 15) is 17.7 Å². The third-order valence-corrected chi connectivity index (χ3v) is 0.858. The molecule has 0 saturated carbocycles. The van der Waals surface area contributed by atoms with Crippen molar-refractivity contribution in [3.63, 3.8) is 0 Å². The van der Waals surface area contributed by atoms with Gasteiger partial charge in [0.1, 0.15) is 5.60 Å². The molecule has 0 aliphatic carbocycles. The molecule has 0 saturated heterocycles. The van der Waals surface area contributed by atoms with Crippen molar-refractivity contribution in [3.8, 4) is 0 Å². The summed E-state index contributed by atoms with van der Waals surface area (Å²) in [5, 5.41) is 0. The molecule has 0 bridgehead atoms. The first-order valence-electron chi connectivity index (χ1n) is 5.26. The van der Waals surface area contributed by atoms with Gasteiger partial charge in [-0.15, -0.1) is 0 Å². The van der Waals surface area contributed by atoms with Gasteiger partial charge in [-0.25, -0.2) is 0 Å². The summed E-state index contributed by atoms with van der Waals surface area (Å²) in [5.41, 5.74) is -0.328. The monoisotopic (exact) mass is 258 g/mol. The summed E-state index contributed by atoms with van der Waals surface area (Å²) in [4.78, 5) is 10.2. The van der Waals surface area contributed by atoms with Crippen molar-refractivity contribution >= 4 is 13.5 Å². The van der Waals surface area contributed by atoms with Gasteiger partial charge in [-0.1, -0.05) is 0 Å². The standard InChI is InChI=1S/C6H12O2.C4H10O.BF3/c1-5(7)8-6(2,3)4;1-3-5-4-2;2-1(3)4/h1-4H3;3-4H2,1-2H3;. The number of halogens is 3. The Balaban J connectivity index is -0.000000188. The molecular formula is C10H22BF3O3. The quantitative estimate of drug-likeness (QED) is 0.563. The highest BCUT2D eigenvalue weighted by atomic mass is 19.4. The molecule has 0 rings (SSSR count). The molecule has 17 heavy (non-hydrogen) atoms. The number of carbonyl (C=O) groups is 1. The van der Waals surface area contributed by atoms with Crippen LogP contribution in [0.2, 0.25) is 0 Å². The van der Waals surface area contributed by atoms with Crippen LogP contribution in [0.25, 0.3) is 0 Å². The summed E-state index contributed by atoms with van der Waals surface area (Å²) in [7, 11) is -3.67. The molecule has 0 fully saturated rings. The van der Waals surface area contributed by atoms with Crippen LogP contribution in [0.1, 0.15) is 41.5 Å². The first kappa shape index (κ1) is 21.6. The van der Waals surface area contributed by atoms with Gasteiger partial charge in [-0.05, 0) is 34.6 Å². The highest BCUT2D eigenvalue weighted by Gasteiger charge is 2.11. The molecule has 0 aromatic carbocycles. The van der Waals surface area contributed by atoms with Crippen molar-refractivity contribution < 1.29 is 27.2 Å². The number of rotatable bonds is 2. The lowest BCUT2D eigenvalue weighted by Crippen LogP contribution is -2.21. The molecule has 0 N–H and O–H groups in total. The second kappa shape index (κ2) is 13.4. The van der Waals surface area contributed by atoms with Gasteiger partial charge in [0.15, 0.2) is 0 Å². The van der Waals surface area contributed by atoms with Gasteiger partial charge in [-0.3, -0.25) is 17.7 Å². The van der Waals surface area contributed by atoms with Crippen LogP contribution in [-0.2, 0) is 14.3 Å². The van der Waals surface area contributed by atoms with E-state index in [0.29, 0.717) is 0 Å². The topological polar surface area (TPSA) is 35.5 Å². The maximum atomic E-state index is 10.2. The average molecular weight is 258 g/mol. The Bertz CT molecular complexity index is 168. The molecular weight excluding hydrogens is 236 g/mol. The molecule has 0 unspecified atom stereocenters. The van der Waals surface area contributed by atoms with Crippen LogP contribution in [0, 0.1) is 0 Å².